The molecule has 0 spiro atoms. The highest BCUT2D eigenvalue weighted by atomic mass is 16.4. The molecular weight excluding hydrogens is 260 g/mol. The van der Waals surface area contributed by atoms with Crippen molar-refractivity contribution in [3.05, 3.63) is 29.8 Å². The summed E-state index contributed by atoms with van der Waals surface area (Å²) in [4.78, 5) is 21.7. The molecule has 110 valence electrons. The number of aliphatic hydroxyl groups is 1. The quantitative estimate of drug-likeness (QED) is 0.626. The van der Waals surface area contributed by atoms with Gasteiger partial charge >= 0.3 is 5.97 Å². The van der Waals surface area contributed by atoms with E-state index in [4.69, 9.17) is 5.11 Å². The number of benzene rings is 1. The minimum Gasteiger partial charge on any atom is -0.480 e. The van der Waals surface area contributed by atoms with E-state index in [1.165, 1.54) is 13.8 Å². The fourth-order valence-corrected chi connectivity index (χ4v) is 1.81. The molecule has 0 bridgehead atoms. The van der Waals surface area contributed by atoms with E-state index in [9.17, 15) is 14.7 Å². The summed E-state index contributed by atoms with van der Waals surface area (Å²) in [5.41, 5.74) is 1.30. The maximum atomic E-state index is 10.9. The van der Waals surface area contributed by atoms with E-state index in [-0.39, 0.29) is 5.91 Å². The maximum Gasteiger partial charge on any atom is 0.320 e. The van der Waals surface area contributed by atoms with E-state index in [2.05, 4.69) is 10.6 Å². The van der Waals surface area contributed by atoms with Crippen molar-refractivity contribution in [3.63, 3.8) is 0 Å². The Labute approximate surface area is 117 Å². The molecule has 20 heavy (non-hydrogen) atoms. The minimum atomic E-state index is -0.968. The first-order chi connectivity index (χ1) is 9.31. The largest absolute Gasteiger partial charge is 0.480 e. The Morgan fingerprint density at radius 3 is 2.15 bits per heavy atom. The molecule has 0 aliphatic rings. The smallest absolute Gasteiger partial charge is 0.320 e. The third-order valence-corrected chi connectivity index (χ3v) is 2.93. The number of carboxylic acid groups (broad SMARTS) is 1. The van der Waals surface area contributed by atoms with E-state index in [1.54, 1.807) is 31.2 Å². The zero-order valence-electron chi connectivity index (χ0n) is 11.8. The van der Waals surface area contributed by atoms with Gasteiger partial charge in [0.25, 0.3) is 0 Å². The summed E-state index contributed by atoms with van der Waals surface area (Å²) in [7, 11) is 0. The van der Waals surface area contributed by atoms with Gasteiger partial charge in [0.05, 0.1) is 6.10 Å². The number of aliphatic hydroxyl groups excluding tert-OH is 1. The predicted octanol–water partition coefficient (Wildman–Crippen LogP) is 1.13. The van der Waals surface area contributed by atoms with Gasteiger partial charge < -0.3 is 15.5 Å². The summed E-state index contributed by atoms with van der Waals surface area (Å²) < 4.78 is 0. The molecule has 6 nitrogen and oxygen atoms in total. The molecule has 0 aliphatic heterocycles. The van der Waals surface area contributed by atoms with E-state index in [0.29, 0.717) is 11.3 Å². The van der Waals surface area contributed by atoms with Crippen molar-refractivity contribution in [1.82, 2.24) is 5.32 Å². The first-order valence-electron chi connectivity index (χ1n) is 6.35. The predicted molar refractivity (Wildman–Crippen MR) is 75.4 cm³/mol. The number of amides is 1. The highest BCUT2D eigenvalue weighted by Crippen LogP contribution is 2.19. The average Bonchev–Trinajstić information content (AvgIpc) is 2.37. The Hall–Kier alpha value is -1.92. The lowest BCUT2D eigenvalue weighted by Crippen LogP contribution is -2.42. The third kappa shape index (κ3) is 4.64. The molecule has 1 amide bonds. The molecule has 3 atom stereocenters. The molecule has 1 aromatic carbocycles. The van der Waals surface area contributed by atoms with E-state index >= 15 is 0 Å². The Morgan fingerprint density at radius 1 is 1.15 bits per heavy atom. The summed E-state index contributed by atoms with van der Waals surface area (Å²) in [6.45, 7) is 4.65. The van der Waals surface area contributed by atoms with Gasteiger partial charge in [-0.3, -0.25) is 14.9 Å². The Kier molecular flexibility index (Phi) is 5.66. The SMILES string of the molecule is CC(=O)Nc1ccc(C(O)C(C)NC(C)C(=O)O)cc1. The molecule has 0 fully saturated rings. The lowest BCUT2D eigenvalue weighted by molar-refractivity contribution is -0.139. The molecule has 0 heterocycles. The second-order valence-electron chi connectivity index (χ2n) is 4.76. The second-order valence-corrected chi connectivity index (χ2v) is 4.76. The molecule has 0 aromatic heterocycles. The van der Waals surface area contributed by atoms with Gasteiger partial charge in [-0.1, -0.05) is 12.1 Å². The van der Waals surface area contributed by atoms with Crippen LogP contribution in [0.3, 0.4) is 0 Å². The van der Waals surface area contributed by atoms with Gasteiger partial charge in [-0.15, -0.1) is 0 Å². The van der Waals surface area contributed by atoms with Crippen molar-refractivity contribution in [3.8, 4) is 0 Å². The Bertz CT molecular complexity index is 473. The van der Waals surface area contributed by atoms with Crippen molar-refractivity contribution in [2.45, 2.75) is 39.0 Å². The second kappa shape index (κ2) is 7.02. The zero-order valence-corrected chi connectivity index (χ0v) is 11.8. The fraction of sp³-hybridized carbons (Fsp3) is 0.429. The molecule has 0 radical (unpaired) electrons. The van der Waals surface area contributed by atoms with Crippen molar-refractivity contribution in [2.75, 3.05) is 5.32 Å². The number of anilines is 1. The van der Waals surface area contributed by atoms with E-state index < -0.39 is 24.2 Å². The van der Waals surface area contributed by atoms with Gasteiger partial charge in [0, 0.05) is 18.7 Å². The highest BCUT2D eigenvalue weighted by Gasteiger charge is 2.20. The van der Waals surface area contributed by atoms with E-state index in [0.717, 1.165) is 0 Å². The molecule has 1 aromatic rings. The van der Waals surface area contributed by atoms with Gasteiger partial charge in [0.1, 0.15) is 6.04 Å². The monoisotopic (exact) mass is 280 g/mol. The number of hydrogen-bond acceptors (Lipinski definition) is 4. The molecule has 3 unspecified atom stereocenters. The maximum absolute atomic E-state index is 10.9. The molecular formula is C14H20N2O4. The number of carbonyl (C=O) groups is 2. The van der Waals surface area contributed by atoms with Crippen LogP contribution < -0.4 is 10.6 Å². The van der Waals surface area contributed by atoms with Gasteiger partial charge in [-0.05, 0) is 31.5 Å². The molecule has 0 aliphatic carbocycles. The lowest BCUT2D eigenvalue weighted by atomic mass is 10.0. The van der Waals surface area contributed by atoms with Crippen LogP contribution in [0.4, 0.5) is 5.69 Å². The van der Waals surface area contributed by atoms with Crippen LogP contribution in [0.15, 0.2) is 24.3 Å². The van der Waals surface area contributed by atoms with Crippen LogP contribution in [-0.4, -0.2) is 34.2 Å². The van der Waals surface area contributed by atoms with Crippen LogP contribution in [0, 0.1) is 0 Å². The first-order valence-corrected chi connectivity index (χ1v) is 6.35. The first kappa shape index (κ1) is 16.1. The minimum absolute atomic E-state index is 0.163. The van der Waals surface area contributed by atoms with Crippen LogP contribution in [0.25, 0.3) is 0 Å². The number of aliphatic carboxylic acids is 1. The number of hydrogen-bond donors (Lipinski definition) is 4. The van der Waals surface area contributed by atoms with Gasteiger partial charge in [0.2, 0.25) is 5.91 Å². The molecule has 0 saturated carbocycles. The summed E-state index contributed by atoms with van der Waals surface area (Å²) in [6.07, 6.45) is -0.830. The van der Waals surface area contributed by atoms with Crippen LogP contribution in [-0.2, 0) is 9.59 Å². The van der Waals surface area contributed by atoms with Crippen molar-refractivity contribution >= 4 is 17.6 Å². The van der Waals surface area contributed by atoms with Crippen LogP contribution >= 0.6 is 0 Å². The molecule has 6 heteroatoms. The third-order valence-electron chi connectivity index (χ3n) is 2.93. The van der Waals surface area contributed by atoms with Crippen LogP contribution in [0.1, 0.15) is 32.4 Å². The highest BCUT2D eigenvalue weighted by molar-refractivity contribution is 5.88. The van der Waals surface area contributed by atoms with Gasteiger partial charge in [-0.25, -0.2) is 0 Å². The van der Waals surface area contributed by atoms with Crippen molar-refractivity contribution in [2.24, 2.45) is 0 Å². The number of carbonyl (C=O) groups excluding carboxylic acids is 1. The molecule has 1 rings (SSSR count). The molecule has 0 saturated heterocycles. The molecule has 4 N–H and O–H groups in total. The number of carboxylic acids is 1. The Morgan fingerprint density at radius 2 is 1.70 bits per heavy atom. The average molecular weight is 280 g/mol. The van der Waals surface area contributed by atoms with Gasteiger partial charge in [-0.2, -0.15) is 0 Å². The van der Waals surface area contributed by atoms with Crippen LogP contribution in [0.2, 0.25) is 0 Å². The zero-order chi connectivity index (χ0) is 15.3. The lowest BCUT2D eigenvalue weighted by Gasteiger charge is -2.23. The van der Waals surface area contributed by atoms with E-state index in [1.807, 2.05) is 0 Å². The van der Waals surface area contributed by atoms with Crippen molar-refractivity contribution in [1.29, 1.82) is 0 Å². The topological polar surface area (TPSA) is 98.7 Å². The summed E-state index contributed by atoms with van der Waals surface area (Å²) in [6, 6.07) is 5.62. The van der Waals surface area contributed by atoms with Gasteiger partial charge in [0.15, 0.2) is 0 Å². The van der Waals surface area contributed by atoms with Crippen LogP contribution in [0.5, 0.6) is 0 Å². The van der Waals surface area contributed by atoms with Crippen molar-refractivity contribution < 1.29 is 19.8 Å². The number of nitrogens with one attached hydrogen (secondary N) is 2. The fourth-order valence-electron chi connectivity index (χ4n) is 1.81. The Balaban J connectivity index is 2.69. The summed E-state index contributed by atoms with van der Waals surface area (Å²) in [5, 5.41) is 24.4. The summed E-state index contributed by atoms with van der Waals surface area (Å²) in [5.74, 6) is -1.13. The standard InChI is InChI=1S/C14H20N2O4/c1-8(15-9(2)14(19)20)13(18)11-4-6-12(7-5-11)16-10(3)17/h4-9,13,15,18H,1-3H3,(H,16,17)(H,19,20). The summed E-state index contributed by atoms with van der Waals surface area (Å²) >= 11 is 0. The number of rotatable bonds is 6. The normalized spacial score (nSPS) is 15.2.